The Balaban J connectivity index is 2.87. The number of hydrogen-bond donors (Lipinski definition) is 1. The monoisotopic (exact) mass is 194 g/mol. The van der Waals surface area contributed by atoms with E-state index < -0.39 is 11.5 Å². The number of aliphatic hydroxyl groups excluding tert-OH is 1. The van der Waals surface area contributed by atoms with Gasteiger partial charge < -0.3 is 5.11 Å². The van der Waals surface area contributed by atoms with Crippen LogP contribution in [-0.2, 0) is 0 Å². The van der Waals surface area contributed by atoms with Crippen LogP contribution in [0.3, 0.4) is 0 Å². The van der Waals surface area contributed by atoms with Gasteiger partial charge in [-0.2, -0.15) is 0 Å². The minimum Gasteiger partial charge on any atom is -0.384 e. The van der Waals surface area contributed by atoms with E-state index in [-0.39, 0.29) is 11.5 Å². The molecule has 0 amide bonds. The Bertz CT molecular complexity index is 317. The van der Waals surface area contributed by atoms with Gasteiger partial charge in [-0.05, 0) is 5.41 Å². The van der Waals surface area contributed by atoms with Crippen LogP contribution in [0.4, 0.5) is 0 Å². The molecule has 0 radical (unpaired) electrons. The second-order valence-corrected chi connectivity index (χ2v) is 4.22. The summed E-state index contributed by atoms with van der Waals surface area (Å²) in [5.74, 6) is -0.384. The van der Waals surface area contributed by atoms with E-state index in [0.717, 1.165) is 0 Å². The fraction of sp³-hybridized carbons (Fsp3) is 0.500. The molecule has 0 bridgehead atoms. The van der Waals surface area contributed by atoms with E-state index in [9.17, 15) is 9.90 Å². The lowest BCUT2D eigenvalue weighted by Crippen LogP contribution is -2.34. The smallest absolute Gasteiger partial charge is 0.211 e. The molecule has 0 saturated heterocycles. The highest BCUT2D eigenvalue weighted by Crippen LogP contribution is 2.21. The molecule has 76 valence electrons. The predicted molar refractivity (Wildman–Crippen MR) is 51.8 cm³/mol. The fourth-order valence-corrected chi connectivity index (χ4v) is 0.960. The number of carbonyl (C=O) groups excluding carboxylic acids is 1. The minimum atomic E-state index is -1.04. The molecule has 1 aromatic heterocycles. The molecule has 4 nitrogen and oxygen atoms in total. The van der Waals surface area contributed by atoms with Crippen LogP contribution < -0.4 is 0 Å². The van der Waals surface area contributed by atoms with Crippen LogP contribution in [0.2, 0.25) is 0 Å². The number of hydrogen-bond acceptors (Lipinski definition) is 4. The zero-order valence-electron chi connectivity index (χ0n) is 8.56. The van der Waals surface area contributed by atoms with Gasteiger partial charge in [-0.25, -0.2) is 4.98 Å². The van der Waals surface area contributed by atoms with Gasteiger partial charge in [0.05, 0.1) is 6.20 Å². The summed E-state index contributed by atoms with van der Waals surface area (Å²) in [6.45, 7) is 5.39. The highest BCUT2D eigenvalue weighted by atomic mass is 16.3. The van der Waals surface area contributed by atoms with Crippen LogP contribution in [-0.4, -0.2) is 27.0 Å². The fourth-order valence-electron chi connectivity index (χ4n) is 0.960. The van der Waals surface area contributed by atoms with Crippen molar-refractivity contribution >= 4 is 5.78 Å². The van der Waals surface area contributed by atoms with Crippen LogP contribution in [0.15, 0.2) is 18.6 Å². The summed E-state index contributed by atoms with van der Waals surface area (Å²) in [6, 6.07) is 0. The molecule has 0 aliphatic heterocycles. The van der Waals surface area contributed by atoms with Crippen molar-refractivity contribution in [2.24, 2.45) is 5.41 Å². The normalized spacial score (nSPS) is 13.7. The molecule has 1 heterocycles. The Labute approximate surface area is 83.0 Å². The van der Waals surface area contributed by atoms with Crippen LogP contribution in [0.5, 0.6) is 0 Å². The summed E-state index contributed by atoms with van der Waals surface area (Å²) in [6.07, 6.45) is 3.24. The first-order valence-corrected chi connectivity index (χ1v) is 4.41. The third-order valence-corrected chi connectivity index (χ3v) is 1.88. The number of nitrogens with zero attached hydrogens (tertiary/aromatic N) is 2. The van der Waals surface area contributed by atoms with E-state index in [2.05, 4.69) is 9.97 Å². The van der Waals surface area contributed by atoms with Crippen LogP contribution in [0, 0.1) is 5.41 Å². The van der Waals surface area contributed by atoms with Crippen molar-refractivity contribution in [1.29, 1.82) is 0 Å². The standard InChI is InChI=1S/C10H14N2O2/c1-10(2,3)9(14)8(13)7-6-11-4-5-12-7/h4-6,9,14H,1-3H3. The second-order valence-electron chi connectivity index (χ2n) is 4.22. The van der Waals surface area contributed by atoms with Crippen molar-refractivity contribution in [3.05, 3.63) is 24.3 Å². The van der Waals surface area contributed by atoms with Crippen molar-refractivity contribution in [3.8, 4) is 0 Å². The van der Waals surface area contributed by atoms with Gasteiger partial charge in [0.25, 0.3) is 0 Å². The molecule has 0 aromatic carbocycles. The molecule has 14 heavy (non-hydrogen) atoms. The van der Waals surface area contributed by atoms with Crippen molar-refractivity contribution in [2.45, 2.75) is 26.9 Å². The minimum absolute atomic E-state index is 0.204. The maximum absolute atomic E-state index is 11.6. The topological polar surface area (TPSA) is 63.1 Å². The van der Waals surface area contributed by atoms with Gasteiger partial charge >= 0.3 is 0 Å². The molecule has 1 N–H and O–H groups in total. The maximum atomic E-state index is 11.6. The molecule has 1 unspecified atom stereocenters. The van der Waals surface area contributed by atoms with Gasteiger partial charge in [-0.15, -0.1) is 0 Å². The summed E-state index contributed by atoms with van der Waals surface area (Å²) in [4.78, 5) is 19.3. The molecule has 0 saturated carbocycles. The molecular formula is C10H14N2O2. The molecule has 0 aliphatic rings. The van der Waals surface area contributed by atoms with E-state index in [0.29, 0.717) is 0 Å². The van der Waals surface area contributed by atoms with Gasteiger partial charge in [0.2, 0.25) is 5.78 Å². The van der Waals surface area contributed by atoms with Crippen molar-refractivity contribution in [3.63, 3.8) is 0 Å². The van der Waals surface area contributed by atoms with Crippen LogP contribution in [0.1, 0.15) is 31.3 Å². The third-order valence-electron chi connectivity index (χ3n) is 1.88. The van der Waals surface area contributed by atoms with Crippen molar-refractivity contribution < 1.29 is 9.90 Å². The van der Waals surface area contributed by atoms with E-state index in [1.807, 2.05) is 0 Å². The second kappa shape index (κ2) is 3.84. The lowest BCUT2D eigenvalue weighted by Gasteiger charge is -2.23. The maximum Gasteiger partial charge on any atom is 0.211 e. The molecule has 4 heteroatoms. The average Bonchev–Trinajstić information content (AvgIpc) is 2.15. The summed E-state index contributed by atoms with van der Waals surface area (Å²) in [5.41, 5.74) is -0.274. The van der Waals surface area contributed by atoms with Crippen molar-refractivity contribution in [2.75, 3.05) is 0 Å². The van der Waals surface area contributed by atoms with E-state index in [1.165, 1.54) is 18.6 Å². The SMILES string of the molecule is CC(C)(C)C(O)C(=O)c1cnccn1. The predicted octanol–water partition coefficient (Wildman–Crippen LogP) is 1.07. The Morgan fingerprint density at radius 2 is 2.07 bits per heavy atom. The summed E-state index contributed by atoms with van der Waals surface area (Å²) >= 11 is 0. The first-order valence-electron chi connectivity index (χ1n) is 4.41. The molecular weight excluding hydrogens is 180 g/mol. The number of Topliss-reactive ketones (excluding diaryl/α,β-unsaturated/α-hetero) is 1. The largest absolute Gasteiger partial charge is 0.384 e. The number of aromatic nitrogens is 2. The lowest BCUT2D eigenvalue weighted by molar-refractivity contribution is 0.0437. The van der Waals surface area contributed by atoms with E-state index in [1.54, 1.807) is 20.8 Å². The van der Waals surface area contributed by atoms with Gasteiger partial charge in [-0.3, -0.25) is 9.78 Å². The Hall–Kier alpha value is -1.29. The summed E-state index contributed by atoms with van der Waals surface area (Å²) in [5, 5.41) is 9.69. The van der Waals surface area contributed by atoms with Crippen LogP contribution in [0.25, 0.3) is 0 Å². The summed E-state index contributed by atoms with van der Waals surface area (Å²) < 4.78 is 0. The number of carbonyl (C=O) groups is 1. The average molecular weight is 194 g/mol. The van der Waals surface area contributed by atoms with E-state index in [4.69, 9.17) is 0 Å². The lowest BCUT2D eigenvalue weighted by atomic mass is 9.86. The summed E-state index contributed by atoms with van der Waals surface area (Å²) in [7, 11) is 0. The van der Waals surface area contributed by atoms with Gasteiger partial charge in [0.15, 0.2) is 0 Å². The quantitative estimate of drug-likeness (QED) is 0.715. The first-order chi connectivity index (χ1) is 6.43. The molecule has 1 rings (SSSR count). The number of ketones is 1. The number of aliphatic hydroxyl groups is 1. The van der Waals surface area contributed by atoms with E-state index >= 15 is 0 Å². The van der Waals surface area contributed by atoms with Crippen LogP contribution >= 0.6 is 0 Å². The van der Waals surface area contributed by atoms with Gasteiger partial charge in [0, 0.05) is 12.4 Å². The van der Waals surface area contributed by atoms with Gasteiger partial charge in [0.1, 0.15) is 11.8 Å². The Morgan fingerprint density at radius 3 is 2.50 bits per heavy atom. The van der Waals surface area contributed by atoms with Gasteiger partial charge in [-0.1, -0.05) is 20.8 Å². The first kappa shape index (κ1) is 10.8. The third kappa shape index (κ3) is 2.35. The highest BCUT2D eigenvalue weighted by Gasteiger charge is 2.30. The molecule has 1 aromatic rings. The Morgan fingerprint density at radius 1 is 1.43 bits per heavy atom. The Kier molecular flexibility index (Phi) is 2.96. The molecule has 1 atom stereocenters. The zero-order chi connectivity index (χ0) is 10.8. The highest BCUT2D eigenvalue weighted by molar-refractivity contribution is 5.97. The zero-order valence-corrected chi connectivity index (χ0v) is 8.56. The molecule has 0 fully saturated rings. The number of rotatable bonds is 2. The molecule has 0 spiro atoms. The molecule has 0 aliphatic carbocycles. The van der Waals surface area contributed by atoms with Crippen molar-refractivity contribution in [1.82, 2.24) is 9.97 Å².